The van der Waals surface area contributed by atoms with E-state index in [-0.39, 0.29) is 17.1 Å². The third-order valence-corrected chi connectivity index (χ3v) is 2.68. The fraction of sp³-hybridized carbons (Fsp3) is 0.250. The van der Waals surface area contributed by atoms with Crippen LogP contribution < -0.4 is 10.5 Å². The Balaban J connectivity index is 2.45. The first-order valence-electron chi connectivity index (χ1n) is 5.56. The second-order valence-electron chi connectivity index (χ2n) is 3.92. The van der Waals surface area contributed by atoms with Gasteiger partial charge in [-0.2, -0.15) is 13.2 Å². The van der Waals surface area contributed by atoms with Crippen molar-refractivity contribution in [2.45, 2.75) is 12.2 Å². The van der Waals surface area contributed by atoms with Crippen molar-refractivity contribution >= 4 is 0 Å². The molecular weight excluding hydrogens is 273 g/mol. The second-order valence-corrected chi connectivity index (χ2v) is 3.92. The highest BCUT2D eigenvalue weighted by Gasteiger charge is 2.35. The number of methoxy groups -OCH3 is 1. The maximum absolute atomic E-state index is 12.9. The minimum atomic E-state index is -4.51. The normalized spacial score (nSPS) is 13.1. The Bertz CT molecular complexity index is 603. The predicted molar refractivity (Wildman–Crippen MR) is 63.9 cm³/mol. The van der Waals surface area contributed by atoms with Crippen LogP contribution in [0.25, 0.3) is 0 Å². The Hall–Kier alpha value is -2.22. The molecule has 0 aromatic carbocycles. The summed E-state index contributed by atoms with van der Waals surface area (Å²) in [6.07, 6.45) is -1.17. The molecule has 2 aromatic rings. The average molecular weight is 284 g/mol. The first-order chi connectivity index (χ1) is 9.43. The van der Waals surface area contributed by atoms with Crippen molar-refractivity contribution < 1.29 is 17.9 Å². The molecule has 2 aromatic heterocycles. The zero-order chi connectivity index (χ0) is 14.8. The molecule has 5 nitrogen and oxygen atoms in total. The van der Waals surface area contributed by atoms with Crippen LogP contribution in [-0.2, 0) is 6.18 Å². The van der Waals surface area contributed by atoms with Crippen LogP contribution in [0.1, 0.15) is 22.9 Å². The van der Waals surface area contributed by atoms with Gasteiger partial charge >= 0.3 is 6.18 Å². The lowest BCUT2D eigenvalue weighted by atomic mass is 10.0. The van der Waals surface area contributed by atoms with Crippen molar-refractivity contribution in [2.75, 3.05) is 7.11 Å². The van der Waals surface area contributed by atoms with Crippen molar-refractivity contribution in [2.24, 2.45) is 5.73 Å². The van der Waals surface area contributed by atoms with E-state index in [9.17, 15) is 13.2 Å². The Morgan fingerprint density at radius 2 is 2.05 bits per heavy atom. The molecule has 2 heterocycles. The number of pyridine rings is 1. The summed E-state index contributed by atoms with van der Waals surface area (Å²) in [5.41, 5.74) is 5.08. The van der Waals surface area contributed by atoms with Gasteiger partial charge in [0, 0.05) is 24.0 Å². The van der Waals surface area contributed by atoms with Crippen LogP contribution in [0.15, 0.2) is 30.9 Å². The molecule has 2 N–H and O–H groups in total. The minimum Gasteiger partial charge on any atom is -0.481 e. The maximum Gasteiger partial charge on any atom is 0.416 e. The van der Waals surface area contributed by atoms with Crippen LogP contribution in [0.3, 0.4) is 0 Å². The van der Waals surface area contributed by atoms with E-state index in [1.807, 2.05) is 0 Å². The SMILES string of the molecule is COc1cc(C(N)c2cnccc2C(F)(F)F)ncn1. The molecule has 0 radical (unpaired) electrons. The standard InChI is InChI=1S/C12H11F3N4O/c1-20-10-4-9(18-6-19-10)11(16)7-5-17-3-2-8(7)12(13,14)15/h2-6,11H,16H2,1H3. The van der Waals surface area contributed by atoms with E-state index in [0.717, 1.165) is 18.5 Å². The minimum absolute atomic E-state index is 0.152. The molecule has 106 valence electrons. The molecule has 0 bridgehead atoms. The van der Waals surface area contributed by atoms with Gasteiger partial charge in [-0.15, -0.1) is 0 Å². The summed E-state index contributed by atoms with van der Waals surface area (Å²) >= 11 is 0. The molecule has 0 saturated heterocycles. The third-order valence-electron chi connectivity index (χ3n) is 2.68. The molecule has 0 saturated carbocycles. The zero-order valence-electron chi connectivity index (χ0n) is 10.4. The van der Waals surface area contributed by atoms with Gasteiger partial charge in [-0.1, -0.05) is 0 Å². The van der Waals surface area contributed by atoms with E-state index in [1.165, 1.54) is 19.5 Å². The summed E-state index contributed by atoms with van der Waals surface area (Å²) in [4.78, 5) is 11.3. The Kier molecular flexibility index (Phi) is 3.84. The fourth-order valence-corrected chi connectivity index (χ4v) is 1.71. The molecule has 8 heteroatoms. The summed E-state index contributed by atoms with van der Waals surface area (Å²) in [7, 11) is 1.39. The van der Waals surface area contributed by atoms with Gasteiger partial charge in [0.15, 0.2) is 0 Å². The van der Waals surface area contributed by atoms with Gasteiger partial charge in [-0.3, -0.25) is 4.98 Å². The van der Waals surface area contributed by atoms with E-state index in [4.69, 9.17) is 10.5 Å². The lowest BCUT2D eigenvalue weighted by Crippen LogP contribution is -2.20. The van der Waals surface area contributed by atoms with Gasteiger partial charge in [0.1, 0.15) is 6.33 Å². The highest BCUT2D eigenvalue weighted by molar-refractivity contribution is 5.35. The molecule has 0 aliphatic heterocycles. The van der Waals surface area contributed by atoms with Crippen LogP contribution in [0, 0.1) is 0 Å². The number of nitrogens with zero attached hydrogens (tertiary/aromatic N) is 3. The predicted octanol–water partition coefficient (Wildman–Crippen LogP) is 1.95. The first kappa shape index (κ1) is 14.2. The van der Waals surface area contributed by atoms with E-state index >= 15 is 0 Å². The van der Waals surface area contributed by atoms with Crippen molar-refractivity contribution in [3.63, 3.8) is 0 Å². The molecule has 1 atom stereocenters. The average Bonchev–Trinajstić information content (AvgIpc) is 2.45. The van der Waals surface area contributed by atoms with Gasteiger partial charge < -0.3 is 10.5 Å². The quantitative estimate of drug-likeness (QED) is 0.932. The molecule has 20 heavy (non-hydrogen) atoms. The van der Waals surface area contributed by atoms with E-state index in [1.54, 1.807) is 0 Å². The molecular formula is C12H11F3N4O. The Morgan fingerprint density at radius 1 is 1.30 bits per heavy atom. The number of nitrogens with two attached hydrogens (primary N) is 1. The van der Waals surface area contributed by atoms with Crippen molar-refractivity contribution in [1.29, 1.82) is 0 Å². The molecule has 2 rings (SSSR count). The van der Waals surface area contributed by atoms with Crippen LogP contribution in [-0.4, -0.2) is 22.1 Å². The summed E-state index contributed by atoms with van der Waals surface area (Å²) in [6.45, 7) is 0. The number of hydrogen-bond donors (Lipinski definition) is 1. The third kappa shape index (κ3) is 2.85. The topological polar surface area (TPSA) is 73.9 Å². The van der Waals surface area contributed by atoms with Crippen molar-refractivity contribution in [1.82, 2.24) is 15.0 Å². The highest BCUT2D eigenvalue weighted by atomic mass is 19.4. The molecule has 0 aliphatic carbocycles. The number of hydrogen-bond acceptors (Lipinski definition) is 5. The van der Waals surface area contributed by atoms with E-state index in [2.05, 4.69) is 15.0 Å². The summed E-state index contributed by atoms with van der Waals surface area (Å²) in [5, 5.41) is 0. The number of rotatable bonds is 3. The summed E-state index contributed by atoms with van der Waals surface area (Å²) in [5.74, 6) is 0.225. The van der Waals surface area contributed by atoms with Gasteiger partial charge in [0.25, 0.3) is 0 Å². The highest BCUT2D eigenvalue weighted by Crippen LogP contribution is 2.34. The molecule has 0 spiro atoms. The van der Waals surface area contributed by atoms with Crippen LogP contribution in [0.5, 0.6) is 5.88 Å². The lowest BCUT2D eigenvalue weighted by Gasteiger charge is -2.17. The molecule has 0 amide bonds. The van der Waals surface area contributed by atoms with Crippen LogP contribution in [0.2, 0.25) is 0 Å². The van der Waals surface area contributed by atoms with Gasteiger partial charge in [0.2, 0.25) is 5.88 Å². The second kappa shape index (κ2) is 5.41. The monoisotopic (exact) mass is 284 g/mol. The van der Waals surface area contributed by atoms with Gasteiger partial charge in [-0.25, -0.2) is 9.97 Å². The van der Waals surface area contributed by atoms with Crippen molar-refractivity contribution in [3.05, 3.63) is 47.7 Å². The fourth-order valence-electron chi connectivity index (χ4n) is 1.71. The zero-order valence-corrected chi connectivity index (χ0v) is 10.4. The van der Waals surface area contributed by atoms with Gasteiger partial charge in [-0.05, 0) is 6.07 Å². The number of halogens is 3. The smallest absolute Gasteiger partial charge is 0.416 e. The molecule has 1 unspecified atom stereocenters. The molecule has 0 aliphatic rings. The van der Waals surface area contributed by atoms with E-state index in [0.29, 0.717) is 0 Å². The Morgan fingerprint density at radius 3 is 2.70 bits per heavy atom. The van der Waals surface area contributed by atoms with Crippen molar-refractivity contribution in [3.8, 4) is 5.88 Å². The van der Waals surface area contributed by atoms with Gasteiger partial charge in [0.05, 0.1) is 24.4 Å². The van der Waals surface area contributed by atoms with Crippen LogP contribution >= 0.6 is 0 Å². The Labute approximate surface area is 112 Å². The maximum atomic E-state index is 12.9. The van der Waals surface area contributed by atoms with Crippen LogP contribution in [0.4, 0.5) is 13.2 Å². The largest absolute Gasteiger partial charge is 0.481 e. The number of alkyl halides is 3. The first-order valence-corrected chi connectivity index (χ1v) is 5.56. The summed E-state index contributed by atoms with van der Waals surface area (Å²) < 4.78 is 43.7. The lowest BCUT2D eigenvalue weighted by molar-refractivity contribution is -0.138. The number of aromatic nitrogens is 3. The molecule has 0 fully saturated rings. The number of ether oxygens (including phenoxy) is 1. The summed E-state index contributed by atoms with van der Waals surface area (Å²) in [6, 6.07) is 1.20. The van der Waals surface area contributed by atoms with E-state index < -0.39 is 17.8 Å².